The normalized spacial score (nSPS) is 48.4. The molecule has 17 heavy (non-hydrogen) atoms. The van der Waals surface area contributed by atoms with Crippen LogP contribution in [0.1, 0.15) is 46.5 Å². The second-order valence-corrected chi connectivity index (χ2v) is 7.05. The summed E-state index contributed by atoms with van der Waals surface area (Å²) in [5.41, 5.74) is -0.237. The Morgan fingerprint density at radius 3 is 2.24 bits per heavy atom. The van der Waals surface area contributed by atoms with Gasteiger partial charge in [-0.15, -0.1) is 5.60 Å². The standard InChI is InChI=1S/C14H24NO.Li/c1-13(2)10-8-12(15-6-4-5-7-15)14(3,16)9-11(10)13;/h10-12H,4-9H2,1-3H3;/q-1;+1/t10-,11+,12+,14+;/m1./s1. The van der Waals surface area contributed by atoms with Crippen LogP contribution in [0.3, 0.4) is 0 Å². The maximum absolute atomic E-state index is 12.7. The minimum absolute atomic E-state index is 0. The monoisotopic (exact) mass is 229 g/mol. The summed E-state index contributed by atoms with van der Waals surface area (Å²) >= 11 is 0. The molecule has 3 heteroatoms. The Hall–Kier alpha value is 0.517. The number of likely N-dealkylation sites (tertiary alicyclic amines) is 1. The van der Waals surface area contributed by atoms with Gasteiger partial charge in [-0.25, -0.2) is 0 Å². The fraction of sp³-hybridized carbons (Fsp3) is 1.00. The average Bonchev–Trinajstić information content (AvgIpc) is 2.64. The van der Waals surface area contributed by atoms with E-state index in [0.29, 0.717) is 17.4 Å². The van der Waals surface area contributed by atoms with Crippen molar-refractivity contribution in [2.24, 2.45) is 17.3 Å². The van der Waals surface area contributed by atoms with Gasteiger partial charge in [0.2, 0.25) is 0 Å². The second-order valence-electron chi connectivity index (χ2n) is 7.05. The van der Waals surface area contributed by atoms with E-state index < -0.39 is 5.60 Å². The van der Waals surface area contributed by atoms with Gasteiger partial charge in [0.15, 0.2) is 0 Å². The summed E-state index contributed by atoms with van der Waals surface area (Å²) in [5.74, 6) is 1.55. The van der Waals surface area contributed by atoms with Crippen molar-refractivity contribution < 1.29 is 24.0 Å². The van der Waals surface area contributed by atoms with E-state index in [1.165, 1.54) is 25.9 Å². The molecular weight excluding hydrogens is 205 g/mol. The van der Waals surface area contributed by atoms with Gasteiger partial charge in [0.1, 0.15) is 0 Å². The van der Waals surface area contributed by atoms with Gasteiger partial charge in [-0.3, -0.25) is 0 Å². The van der Waals surface area contributed by atoms with Crippen LogP contribution in [0.5, 0.6) is 0 Å². The molecule has 2 nitrogen and oxygen atoms in total. The van der Waals surface area contributed by atoms with Gasteiger partial charge in [-0.05, 0) is 55.6 Å². The van der Waals surface area contributed by atoms with Crippen LogP contribution in [0.15, 0.2) is 0 Å². The van der Waals surface area contributed by atoms with E-state index in [0.717, 1.165) is 18.8 Å². The smallest absolute Gasteiger partial charge is 0.848 e. The summed E-state index contributed by atoms with van der Waals surface area (Å²) < 4.78 is 0. The molecule has 0 aromatic heterocycles. The molecule has 2 aliphatic carbocycles. The van der Waals surface area contributed by atoms with Crippen LogP contribution >= 0.6 is 0 Å². The van der Waals surface area contributed by atoms with Gasteiger partial charge in [0, 0.05) is 0 Å². The quantitative estimate of drug-likeness (QED) is 0.519. The molecule has 0 N–H and O–H groups in total. The summed E-state index contributed by atoms with van der Waals surface area (Å²) in [6.45, 7) is 9.00. The summed E-state index contributed by atoms with van der Waals surface area (Å²) in [6, 6.07) is 0.318. The molecule has 0 aromatic rings. The number of nitrogens with zero attached hydrogens (tertiary/aromatic N) is 1. The zero-order valence-electron chi connectivity index (χ0n) is 11.8. The topological polar surface area (TPSA) is 26.3 Å². The summed E-state index contributed by atoms with van der Waals surface area (Å²) in [5, 5.41) is 12.7. The van der Waals surface area contributed by atoms with Crippen molar-refractivity contribution in [1.29, 1.82) is 0 Å². The van der Waals surface area contributed by atoms with E-state index in [2.05, 4.69) is 18.7 Å². The van der Waals surface area contributed by atoms with E-state index >= 15 is 0 Å². The van der Waals surface area contributed by atoms with Crippen molar-refractivity contribution in [3.05, 3.63) is 0 Å². The van der Waals surface area contributed by atoms with Gasteiger partial charge in [-0.1, -0.05) is 27.2 Å². The Morgan fingerprint density at radius 1 is 1.06 bits per heavy atom. The van der Waals surface area contributed by atoms with Crippen LogP contribution in [0, 0.1) is 17.3 Å². The van der Waals surface area contributed by atoms with Crippen LogP contribution < -0.4 is 24.0 Å². The Bertz CT molecular complexity index is 297. The maximum atomic E-state index is 12.7. The predicted octanol–water partition coefficient (Wildman–Crippen LogP) is -1.36. The molecule has 3 rings (SSSR count). The molecule has 0 unspecified atom stereocenters. The predicted molar refractivity (Wildman–Crippen MR) is 63.0 cm³/mol. The number of hydrogen-bond acceptors (Lipinski definition) is 2. The van der Waals surface area contributed by atoms with E-state index in [9.17, 15) is 5.11 Å². The molecule has 3 fully saturated rings. The SMILES string of the molecule is CC1(C)[C@@H]2C[C@H](N3CCCC3)[C@@](C)([O-])C[C@@H]21.[Li+]. The van der Waals surface area contributed by atoms with Gasteiger partial charge in [-0.2, -0.15) is 0 Å². The summed E-state index contributed by atoms with van der Waals surface area (Å²) in [6.07, 6.45) is 4.66. The molecule has 0 amide bonds. The van der Waals surface area contributed by atoms with Crippen molar-refractivity contribution in [3.8, 4) is 0 Å². The first-order valence-electron chi connectivity index (χ1n) is 6.87. The molecule has 0 bridgehead atoms. The Labute approximate surface area is 117 Å². The van der Waals surface area contributed by atoms with Crippen LogP contribution in [0.2, 0.25) is 0 Å². The van der Waals surface area contributed by atoms with Gasteiger partial charge < -0.3 is 10.0 Å². The van der Waals surface area contributed by atoms with Crippen molar-refractivity contribution in [1.82, 2.24) is 4.90 Å². The third-order valence-corrected chi connectivity index (χ3v) is 5.68. The summed E-state index contributed by atoms with van der Waals surface area (Å²) in [7, 11) is 0. The molecule has 2 saturated carbocycles. The average molecular weight is 229 g/mol. The Morgan fingerprint density at radius 2 is 1.65 bits per heavy atom. The van der Waals surface area contributed by atoms with E-state index in [1.54, 1.807) is 0 Å². The third-order valence-electron chi connectivity index (χ3n) is 5.68. The zero-order valence-corrected chi connectivity index (χ0v) is 11.8. The molecule has 0 aromatic carbocycles. The molecule has 1 aliphatic heterocycles. The molecule has 3 aliphatic rings. The van der Waals surface area contributed by atoms with Crippen molar-refractivity contribution in [2.75, 3.05) is 13.1 Å². The number of rotatable bonds is 1. The third kappa shape index (κ3) is 2.12. The molecule has 0 radical (unpaired) electrons. The molecule has 1 heterocycles. The van der Waals surface area contributed by atoms with Crippen molar-refractivity contribution in [2.45, 2.75) is 58.1 Å². The first-order valence-corrected chi connectivity index (χ1v) is 6.87. The van der Waals surface area contributed by atoms with Gasteiger partial charge in [0.05, 0.1) is 0 Å². The minimum Gasteiger partial charge on any atom is -0.848 e. The van der Waals surface area contributed by atoms with Gasteiger partial charge >= 0.3 is 18.9 Å². The fourth-order valence-electron chi connectivity index (χ4n) is 4.38. The summed E-state index contributed by atoms with van der Waals surface area (Å²) in [4.78, 5) is 2.48. The number of fused-ring (bicyclic) bond motifs is 1. The van der Waals surface area contributed by atoms with Crippen LogP contribution in [0.4, 0.5) is 0 Å². The largest absolute Gasteiger partial charge is 1.00 e. The molecule has 1 saturated heterocycles. The van der Waals surface area contributed by atoms with Crippen molar-refractivity contribution >= 4 is 0 Å². The first kappa shape index (κ1) is 13.9. The van der Waals surface area contributed by atoms with Crippen LogP contribution in [-0.2, 0) is 0 Å². The molecule has 92 valence electrons. The van der Waals surface area contributed by atoms with Crippen molar-refractivity contribution in [3.63, 3.8) is 0 Å². The minimum atomic E-state index is -0.695. The Kier molecular flexibility index (Phi) is 3.50. The Balaban J connectivity index is 0.00000108. The van der Waals surface area contributed by atoms with Crippen LogP contribution in [0.25, 0.3) is 0 Å². The molecular formula is C14H24LiNO. The van der Waals surface area contributed by atoms with E-state index in [1.807, 2.05) is 6.92 Å². The first-order chi connectivity index (χ1) is 7.43. The number of hydrogen-bond donors (Lipinski definition) is 0. The fourth-order valence-corrected chi connectivity index (χ4v) is 4.38. The zero-order chi connectivity index (χ0) is 11.6. The van der Waals surface area contributed by atoms with Crippen LogP contribution in [-0.4, -0.2) is 29.6 Å². The van der Waals surface area contributed by atoms with E-state index in [-0.39, 0.29) is 18.9 Å². The maximum Gasteiger partial charge on any atom is 1.00 e. The van der Waals surface area contributed by atoms with Gasteiger partial charge in [0.25, 0.3) is 0 Å². The van der Waals surface area contributed by atoms with E-state index in [4.69, 9.17) is 0 Å². The molecule has 4 atom stereocenters. The second kappa shape index (κ2) is 4.27. The molecule has 0 spiro atoms.